The number of methoxy groups -OCH3 is 1. The van der Waals surface area contributed by atoms with Crippen molar-refractivity contribution in [1.29, 1.82) is 0 Å². The number of anilines is 2. The van der Waals surface area contributed by atoms with Gasteiger partial charge in [-0.1, -0.05) is 6.07 Å². The Labute approximate surface area is 187 Å². The number of carbonyl (C=O) groups excluding carboxylic acids is 1. The van der Waals surface area contributed by atoms with Crippen LogP contribution in [0.5, 0.6) is 0 Å². The number of ether oxygens (including phenoxy) is 1. The summed E-state index contributed by atoms with van der Waals surface area (Å²) in [7, 11) is 1.50. The Kier molecular flexibility index (Phi) is 6.50. The fourth-order valence-electron chi connectivity index (χ4n) is 3.26. The van der Waals surface area contributed by atoms with Gasteiger partial charge in [-0.05, 0) is 19.1 Å². The number of aromatic nitrogens is 5. The molecule has 3 heterocycles. The van der Waals surface area contributed by atoms with E-state index in [1.54, 1.807) is 42.2 Å². The van der Waals surface area contributed by atoms with Crippen molar-refractivity contribution in [3.05, 3.63) is 66.1 Å². The van der Waals surface area contributed by atoms with E-state index in [-0.39, 0.29) is 30.4 Å². The fraction of sp³-hybridized carbons (Fsp3) is 0.227. The van der Waals surface area contributed by atoms with Crippen molar-refractivity contribution in [2.24, 2.45) is 0 Å². The lowest BCUT2D eigenvalue weighted by Gasteiger charge is -2.17. The topological polar surface area (TPSA) is 106 Å². The summed E-state index contributed by atoms with van der Waals surface area (Å²) in [5.74, 6) is -1.28. The van der Waals surface area contributed by atoms with Gasteiger partial charge in [-0.25, -0.2) is 23.3 Å². The molecule has 0 aliphatic heterocycles. The van der Waals surface area contributed by atoms with Gasteiger partial charge in [0.05, 0.1) is 36.5 Å². The molecule has 1 amide bonds. The van der Waals surface area contributed by atoms with Crippen LogP contribution in [0.2, 0.25) is 0 Å². The van der Waals surface area contributed by atoms with Crippen LogP contribution in [0.1, 0.15) is 24.9 Å². The van der Waals surface area contributed by atoms with Gasteiger partial charge >= 0.3 is 0 Å². The van der Waals surface area contributed by atoms with Crippen LogP contribution in [0.4, 0.5) is 20.5 Å². The molecule has 1 aromatic carbocycles. The molecular weight excluding hydrogens is 432 g/mol. The number of nitrogens with one attached hydrogen (secondary N) is 2. The number of carbonyl (C=O) groups is 1. The summed E-state index contributed by atoms with van der Waals surface area (Å²) in [5, 5.41) is 10.0. The smallest absolute Gasteiger partial charge is 0.231 e. The Morgan fingerprint density at radius 1 is 1.24 bits per heavy atom. The van der Waals surface area contributed by atoms with Crippen molar-refractivity contribution >= 4 is 23.3 Å². The van der Waals surface area contributed by atoms with Gasteiger partial charge in [-0.2, -0.15) is 10.1 Å². The number of rotatable bonds is 8. The highest BCUT2D eigenvalue weighted by molar-refractivity contribution is 5.89. The molecule has 2 N–H and O–H groups in total. The highest BCUT2D eigenvalue weighted by atomic mass is 19.1. The third-order valence-electron chi connectivity index (χ3n) is 4.86. The quantitative estimate of drug-likeness (QED) is 0.420. The molecule has 11 heteroatoms. The summed E-state index contributed by atoms with van der Waals surface area (Å²) in [5.41, 5.74) is 1.90. The first-order chi connectivity index (χ1) is 15.9. The van der Waals surface area contributed by atoms with E-state index in [0.29, 0.717) is 22.7 Å². The summed E-state index contributed by atoms with van der Waals surface area (Å²) in [6.07, 6.45) is 5.11. The van der Waals surface area contributed by atoms with Gasteiger partial charge in [0.1, 0.15) is 17.5 Å². The van der Waals surface area contributed by atoms with Gasteiger partial charge in [0.15, 0.2) is 5.65 Å². The zero-order chi connectivity index (χ0) is 23.4. The average Bonchev–Trinajstić information content (AvgIpc) is 3.21. The van der Waals surface area contributed by atoms with Crippen LogP contribution in [0.15, 0.2) is 48.9 Å². The molecule has 0 fully saturated rings. The predicted octanol–water partition coefficient (Wildman–Crippen LogP) is 3.61. The largest absolute Gasteiger partial charge is 0.384 e. The van der Waals surface area contributed by atoms with E-state index in [1.807, 2.05) is 0 Å². The number of halogens is 2. The Hall–Kier alpha value is -3.99. The molecule has 0 unspecified atom stereocenters. The first kappa shape index (κ1) is 22.2. The van der Waals surface area contributed by atoms with Crippen molar-refractivity contribution < 1.29 is 18.3 Å². The molecule has 0 aliphatic rings. The molecule has 170 valence electrons. The summed E-state index contributed by atoms with van der Waals surface area (Å²) in [4.78, 5) is 25.3. The van der Waals surface area contributed by atoms with Crippen LogP contribution < -0.4 is 10.6 Å². The molecular formula is C22H21F2N7O2. The molecule has 4 aromatic rings. The number of benzene rings is 1. The van der Waals surface area contributed by atoms with Gasteiger partial charge < -0.3 is 10.1 Å². The Morgan fingerprint density at radius 3 is 2.88 bits per heavy atom. The van der Waals surface area contributed by atoms with Crippen LogP contribution in [0, 0.1) is 11.6 Å². The molecule has 0 bridgehead atoms. The predicted molar refractivity (Wildman–Crippen MR) is 118 cm³/mol. The number of hydrogen-bond acceptors (Lipinski definition) is 7. The second-order valence-corrected chi connectivity index (χ2v) is 7.23. The molecule has 0 spiro atoms. The van der Waals surface area contributed by atoms with E-state index in [4.69, 9.17) is 4.74 Å². The minimum Gasteiger partial charge on any atom is -0.384 e. The second kappa shape index (κ2) is 9.65. The molecule has 33 heavy (non-hydrogen) atoms. The summed E-state index contributed by atoms with van der Waals surface area (Å²) >= 11 is 0. The maximum absolute atomic E-state index is 14.2. The third kappa shape index (κ3) is 5.09. The number of fused-ring (bicyclic) bond motifs is 1. The summed E-state index contributed by atoms with van der Waals surface area (Å²) < 4.78 is 34.1. The van der Waals surface area contributed by atoms with Crippen LogP contribution in [0.25, 0.3) is 16.9 Å². The van der Waals surface area contributed by atoms with E-state index in [1.165, 1.54) is 19.2 Å². The highest BCUT2D eigenvalue weighted by Gasteiger charge is 2.17. The minimum absolute atomic E-state index is 0.0539. The first-order valence-corrected chi connectivity index (χ1v) is 10.1. The average molecular weight is 453 g/mol. The van der Waals surface area contributed by atoms with Gasteiger partial charge in [0.2, 0.25) is 11.9 Å². The lowest BCUT2D eigenvalue weighted by molar-refractivity contribution is -0.117. The minimum atomic E-state index is -0.677. The van der Waals surface area contributed by atoms with Crippen LogP contribution in [-0.4, -0.2) is 44.2 Å². The SMILES string of the molecule is COCCC(=O)Nc1nc(N[C@@H](C)c2ccc(F)cc2F)cc(-c2cnn3cccnc23)n1. The Morgan fingerprint density at radius 2 is 2.09 bits per heavy atom. The summed E-state index contributed by atoms with van der Waals surface area (Å²) in [6.45, 7) is 1.96. The Bertz CT molecular complexity index is 1290. The van der Waals surface area contributed by atoms with Crippen molar-refractivity contribution in [3.8, 4) is 11.3 Å². The normalized spacial score (nSPS) is 12.0. The van der Waals surface area contributed by atoms with Crippen LogP contribution in [-0.2, 0) is 9.53 Å². The van der Waals surface area contributed by atoms with E-state index in [0.717, 1.165) is 6.07 Å². The lowest BCUT2D eigenvalue weighted by Crippen LogP contribution is -2.17. The van der Waals surface area contributed by atoms with Crippen molar-refractivity contribution in [2.75, 3.05) is 24.4 Å². The van der Waals surface area contributed by atoms with E-state index in [9.17, 15) is 13.6 Å². The standard InChI is InChI=1S/C22H21F2N7O2/c1-13(15-5-4-14(23)10-17(15)24)27-19-11-18(16-12-26-31-8-3-7-25-21(16)31)28-22(29-19)30-20(32)6-9-33-2/h3-5,7-8,10-13H,6,9H2,1-2H3,(H2,27,28,29,30,32)/t13-/m0/s1. The molecule has 1 atom stereocenters. The van der Waals surface area contributed by atoms with Crippen molar-refractivity contribution in [1.82, 2.24) is 24.6 Å². The lowest BCUT2D eigenvalue weighted by atomic mass is 10.1. The van der Waals surface area contributed by atoms with E-state index < -0.39 is 17.7 Å². The van der Waals surface area contributed by atoms with Crippen molar-refractivity contribution in [2.45, 2.75) is 19.4 Å². The van der Waals surface area contributed by atoms with Crippen molar-refractivity contribution in [3.63, 3.8) is 0 Å². The first-order valence-electron chi connectivity index (χ1n) is 10.1. The number of nitrogens with zero attached hydrogens (tertiary/aromatic N) is 5. The van der Waals surface area contributed by atoms with Gasteiger partial charge in [0.25, 0.3) is 0 Å². The van der Waals surface area contributed by atoms with Gasteiger partial charge in [0, 0.05) is 37.2 Å². The van der Waals surface area contributed by atoms with E-state index >= 15 is 0 Å². The maximum Gasteiger partial charge on any atom is 0.231 e. The molecule has 4 rings (SSSR count). The van der Waals surface area contributed by atoms with Crippen LogP contribution in [0.3, 0.4) is 0 Å². The molecule has 0 saturated carbocycles. The number of hydrogen-bond donors (Lipinski definition) is 2. The fourth-order valence-corrected chi connectivity index (χ4v) is 3.26. The third-order valence-corrected chi connectivity index (χ3v) is 4.86. The molecule has 0 saturated heterocycles. The van der Waals surface area contributed by atoms with E-state index in [2.05, 4.69) is 30.7 Å². The molecule has 0 radical (unpaired) electrons. The Balaban J connectivity index is 1.70. The highest BCUT2D eigenvalue weighted by Crippen LogP contribution is 2.27. The number of amides is 1. The van der Waals surface area contributed by atoms with Gasteiger partial charge in [-0.15, -0.1) is 0 Å². The summed E-state index contributed by atoms with van der Waals surface area (Å²) in [6, 6.07) is 6.23. The zero-order valence-corrected chi connectivity index (χ0v) is 17.9. The maximum atomic E-state index is 14.2. The zero-order valence-electron chi connectivity index (χ0n) is 17.9. The van der Waals surface area contributed by atoms with Crippen LogP contribution >= 0.6 is 0 Å². The van der Waals surface area contributed by atoms with Gasteiger partial charge in [-0.3, -0.25) is 10.1 Å². The molecule has 0 aliphatic carbocycles. The molecule has 3 aromatic heterocycles. The second-order valence-electron chi connectivity index (χ2n) is 7.23. The monoisotopic (exact) mass is 453 g/mol. The molecule has 9 nitrogen and oxygen atoms in total.